The number of nitrogens with one attached hydrogen (secondary N) is 1. The maximum atomic E-state index is 12.9. The average Bonchev–Trinajstić information content (AvgIpc) is 2.86. The molecule has 3 rings (SSSR count). The summed E-state index contributed by atoms with van der Waals surface area (Å²) >= 11 is 3.32. The van der Waals surface area contributed by atoms with Crippen molar-refractivity contribution < 1.29 is 14.4 Å². The molecule has 0 spiro atoms. The molecule has 134 valence electrons. The first-order valence-corrected chi connectivity index (χ1v) is 8.96. The summed E-state index contributed by atoms with van der Waals surface area (Å²) < 4.78 is 2.92. The molecule has 2 aromatic rings. The van der Waals surface area contributed by atoms with E-state index in [2.05, 4.69) is 25.8 Å². The van der Waals surface area contributed by atoms with Crippen LogP contribution in [0.25, 0.3) is 6.08 Å². The van der Waals surface area contributed by atoms with E-state index in [1.54, 1.807) is 30.3 Å². The maximum absolute atomic E-state index is 12.9. The Labute approximate surface area is 159 Å². The monoisotopic (exact) mass is 415 g/mol. The van der Waals surface area contributed by atoms with Gasteiger partial charge in [0, 0.05) is 22.4 Å². The summed E-state index contributed by atoms with van der Waals surface area (Å²) in [6, 6.07) is 7.90. The molecule has 0 bridgehead atoms. The smallest absolute Gasteiger partial charge is 0.335 e. The van der Waals surface area contributed by atoms with Gasteiger partial charge in [0.1, 0.15) is 5.57 Å². The zero-order valence-corrected chi connectivity index (χ0v) is 16.3. The summed E-state index contributed by atoms with van der Waals surface area (Å²) in [7, 11) is 0. The number of hydrogen-bond acceptors (Lipinski definition) is 3. The van der Waals surface area contributed by atoms with E-state index in [9.17, 15) is 14.4 Å². The van der Waals surface area contributed by atoms with Crippen LogP contribution in [0.3, 0.4) is 0 Å². The van der Waals surface area contributed by atoms with E-state index in [0.717, 1.165) is 32.9 Å². The Morgan fingerprint density at radius 2 is 1.77 bits per heavy atom. The van der Waals surface area contributed by atoms with E-state index < -0.39 is 17.8 Å². The average molecular weight is 416 g/mol. The fourth-order valence-electron chi connectivity index (χ4n) is 3.10. The molecule has 4 amide bonds. The van der Waals surface area contributed by atoms with Gasteiger partial charge in [0.2, 0.25) is 0 Å². The second-order valence-corrected chi connectivity index (χ2v) is 6.92. The van der Waals surface area contributed by atoms with Gasteiger partial charge in [0.25, 0.3) is 11.8 Å². The number of aryl methyl sites for hydroxylation is 1. The van der Waals surface area contributed by atoms with Gasteiger partial charge in [-0.05, 0) is 62.7 Å². The molecule has 7 heteroatoms. The van der Waals surface area contributed by atoms with Crippen molar-refractivity contribution in [2.75, 3.05) is 4.90 Å². The second-order valence-electron chi connectivity index (χ2n) is 6.00. The van der Waals surface area contributed by atoms with Crippen molar-refractivity contribution in [3.05, 3.63) is 57.3 Å². The number of amides is 4. The fourth-order valence-corrected chi connectivity index (χ4v) is 3.36. The molecule has 1 aromatic heterocycles. The Morgan fingerprint density at radius 3 is 2.35 bits per heavy atom. The number of carbonyl (C=O) groups excluding carboxylic acids is 3. The van der Waals surface area contributed by atoms with E-state index in [1.165, 1.54) is 0 Å². The lowest BCUT2D eigenvalue weighted by atomic mass is 10.1. The van der Waals surface area contributed by atoms with Crippen LogP contribution in [-0.4, -0.2) is 22.4 Å². The van der Waals surface area contributed by atoms with Gasteiger partial charge in [-0.1, -0.05) is 15.9 Å². The molecule has 1 fully saturated rings. The third kappa shape index (κ3) is 3.10. The van der Waals surface area contributed by atoms with E-state index in [-0.39, 0.29) is 5.57 Å². The van der Waals surface area contributed by atoms with Crippen molar-refractivity contribution in [2.24, 2.45) is 0 Å². The first kappa shape index (κ1) is 18.1. The van der Waals surface area contributed by atoms with Crippen LogP contribution in [0.5, 0.6) is 0 Å². The first-order valence-electron chi connectivity index (χ1n) is 8.17. The minimum absolute atomic E-state index is 0.0659. The Balaban J connectivity index is 2.04. The van der Waals surface area contributed by atoms with Crippen LogP contribution in [0, 0.1) is 13.8 Å². The summed E-state index contributed by atoms with van der Waals surface area (Å²) in [5.41, 5.74) is 3.12. The number of halogens is 1. The van der Waals surface area contributed by atoms with Crippen molar-refractivity contribution in [2.45, 2.75) is 27.3 Å². The lowest BCUT2D eigenvalue weighted by Crippen LogP contribution is -2.54. The van der Waals surface area contributed by atoms with E-state index >= 15 is 0 Å². The third-order valence-corrected chi connectivity index (χ3v) is 4.94. The van der Waals surface area contributed by atoms with Gasteiger partial charge in [0.05, 0.1) is 5.69 Å². The normalized spacial score (nSPS) is 16.4. The summed E-state index contributed by atoms with van der Waals surface area (Å²) in [5.74, 6) is -1.32. The predicted octanol–water partition coefficient (Wildman–Crippen LogP) is 3.55. The molecule has 0 unspecified atom stereocenters. The van der Waals surface area contributed by atoms with Crippen molar-refractivity contribution >= 4 is 45.5 Å². The minimum Gasteiger partial charge on any atom is -0.349 e. The molecule has 26 heavy (non-hydrogen) atoms. The molecular weight excluding hydrogens is 398 g/mol. The SMILES string of the molecule is CCn1c(C)cc(/C=C2\C(=O)NC(=O)N(c3ccc(Br)cc3)C2=O)c1C. The molecule has 1 N–H and O–H groups in total. The summed E-state index contributed by atoms with van der Waals surface area (Å²) in [5, 5.41) is 2.24. The van der Waals surface area contributed by atoms with Crippen LogP contribution in [-0.2, 0) is 16.1 Å². The van der Waals surface area contributed by atoms with Crippen LogP contribution in [0.1, 0.15) is 23.9 Å². The fraction of sp³-hybridized carbons (Fsp3) is 0.211. The van der Waals surface area contributed by atoms with E-state index in [0.29, 0.717) is 5.69 Å². The standard InChI is InChI=1S/C19H18BrN3O3/c1-4-22-11(2)9-13(12(22)3)10-16-17(24)21-19(26)23(18(16)25)15-7-5-14(20)6-8-15/h5-10H,4H2,1-3H3,(H,21,24,26)/b16-10+. The molecule has 0 atom stereocenters. The highest BCUT2D eigenvalue weighted by Gasteiger charge is 2.36. The highest BCUT2D eigenvalue weighted by atomic mass is 79.9. The van der Waals surface area contributed by atoms with Crippen molar-refractivity contribution in [1.82, 2.24) is 9.88 Å². The largest absolute Gasteiger partial charge is 0.349 e. The topological polar surface area (TPSA) is 71.4 Å². The number of benzene rings is 1. The van der Waals surface area contributed by atoms with Gasteiger partial charge in [0.15, 0.2) is 0 Å². The zero-order chi connectivity index (χ0) is 19.0. The zero-order valence-electron chi connectivity index (χ0n) is 14.7. The van der Waals surface area contributed by atoms with Gasteiger partial charge in [-0.3, -0.25) is 14.9 Å². The summed E-state index contributed by atoms with van der Waals surface area (Å²) in [6.07, 6.45) is 1.55. The molecule has 1 aliphatic heterocycles. The van der Waals surface area contributed by atoms with Crippen LogP contribution < -0.4 is 10.2 Å². The minimum atomic E-state index is -0.751. The molecule has 1 saturated heterocycles. The van der Waals surface area contributed by atoms with Gasteiger partial charge in [-0.2, -0.15) is 0 Å². The van der Waals surface area contributed by atoms with Crippen LogP contribution in [0.15, 0.2) is 40.4 Å². The van der Waals surface area contributed by atoms with E-state index in [4.69, 9.17) is 0 Å². The van der Waals surface area contributed by atoms with Crippen LogP contribution in [0.2, 0.25) is 0 Å². The number of aromatic nitrogens is 1. The Hall–Kier alpha value is -2.67. The van der Waals surface area contributed by atoms with Crippen molar-refractivity contribution in [3.8, 4) is 0 Å². The second kappa shape index (κ2) is 6.92. The van der Waals surface area contributed by atoms with E-state index in [1.807, 2.05) is 26.8 Å². The molecule has 0 saturated carbocycles. The number of nitrogens with zero attached hydrogens (tertiary/aromatic N) is 2. The van der Waals surface area contributed by atoms with Gasteiger partial charge >= 0.3 is 6.03 Å². The molecular formula is C19H18BrN3O3. The highest BCUT2D eigenvalue weighted by molar-refractivity contribution is 9.10. The van der Waals surface area contributed by atoms with Gasteiger partial charge in [-0.15, -0.1) is 0 Å². The number of hydrogen-bond donors (Lipinski definition) is 1. The Bertz CT molecular complexity index is 942. The summed E-state index contributed by atoms with van der Waals surface area (Å²) in [6.45, 7) is 6.73. The number of anilines is 1. The Morgan fingerprint density at radius 1 is 1.12 bits per heavy atom. The molecule has 2 heterocycles. The molecule has 6 nitrogen and oxygen atoms in total. The number of imide groups is 2. The van der Waals surface area contributed by atoms with Crippen LogP contribution in [0.4, 0.5) is 10.5 Å². The predicted molar refractivity (Wildman–Crippen MR) is 103 cm³/mol. The van der Waals surface area contributed by atoms with Crippen molar-refractivity contribution in [3.63, 3.8) is 0 Å². The van der Waals surface area contributed by atoms with Gasteiger partial charge < -0.3 is 4.57 Å². The molecule has 1 aromatic carbocycles. The van der Waals surface area contributed by atoms with Crippen molar-refractivity contribution in [1.29, 1.82) is 0 Å². The number of barbiturate groups is 1. The lowest BCUT2D eigenvalue weighted by molar-refractivity contribution is -0.122. The first-order chi connectivity index (χ1) is 12.3. The third-order valence-electron chi connectivity index (χ3n) is 4.42. The molecule has 1 aliphatic rings. The van der Waals surface area contributed by atoms with Crippen LogP contribution >= 0.6 is 15.9 Å². The number of rotatable bonds is 3. The number of carbonyl (C=O) groups is 3. The molecule has 0 aliphatic carbocycles. The maximum Gasteiger partial charge on any atom is 0.335 e. The quantitative estimate of drug-likeness (QED) is 0.615. The van der Waals surface area contributed by atoms with Gasteiger partial charge in [-0.25, -0.2) is 9.69 Å². The lowest BCUT2D eigenvalue weighted by Gasteiger charge is -2.26. The highest BCUT2D eigenvalue weighted by Crippen LogP contribution is 2.25. The Kier molecular flexibility index (Phi) is 4.82. The molecule has 0 radical (unpaired) electrons. The number of urea groups is 1. The summed E-state index contributed by atoms with van der Waals surface area (Å²) in [4.78, 5) is 38.3.